The fraction of sp³-hybridized carbons (Fsp3) is 0.529. The largest absolute Gasteiger partial charge is 0.383 e. The summed E-state index contributed by atoms with van der Waals surface area (Å²) >= 11 is 0. The topological polar surface area (TPSA) is 75.9 Å². The highest BCUT2D eigenvalue weighted by Crippen LogP contribution is 2.09. The van der Waals surface area contributed by atoms with Crippen LogP contribution in [0.2, 0.25) is 0 Å². The van der Waals surface area contributed by atoms with Crippen LogP contribution in [0.3, 0.4) is 0 Å². The summed E-state index contributed by atoms with van der Waals surface area (Å²) in [5.74, 6) is -0.241. The summed E-state index contributed by atoms with van der Waals surface area (Å²) in [6, 6.07) is 7.12. The molecule has 1 aliphatic heterocycles. The fourth-order valence-electron chi connectivity index (χ4n) is 2.69. The molecule has 0 spiro atoms. The van der Waals surface area contributed by atoms with Crippen LogP contribution in [-0.2, 0) is 16.0 Å². The highest BCUT2D eigenvalue weighted by atomic mass is 16.5. The van der Waals surface area contributed by atoms with E-state index in [-0.39, 0.29) is 5.91 Å². The number of carbonyl (C=O) groups excluding carboxylic acids is 2. The predicted octanol–water partition coefficient (Wildman–Crippen LogP) is 0.509. The van der Waals surface area contributed by atoms with Gasteiger partial charge in [0.05, 0.1) is 6.61 Å². The molecule has 2 N–H and O–H groups in total. The number of benzene rings is 1. The molecule has 0 unspecified atom stereocenters. The number of primary amides is 1. The van der Waals surface area contributed by atoms with Gasteiger partial charge in [-0.2, -0.15) is 0 Å². The summed E-state index contributed by atoms with van der Waals surface area (Å²) in [5.41, 5.74) is 6.75. The van der Waals surface area contributed by atoms with Crippen molar-refractivity contribution in [1.82, 2.24) is 9.80 Å². The van der Waals surface area contributed by atoms with E-state index in [1.165, 1.54) is 0 Å². The zero-order valence-corrected chi connectivity index (χ0v) is 13.7. The van der Waals surface area contributed by atoms with Gasteiger partial charge in [0.15, 0.2) is 0 Å². The Bertz CT molecular complexity index is 522. The number of methoxy groups -OCH3 is 1. The number of nitrogens with two attached hydrogens (primary N) is 1. The molecule has 1 aliphatic rings. The molecule has 2 amide bonds. The molecule has 0 radical (unpaired) electrons. The van der Waals surface area contributed by atoms with E-state index in [4.69, 9.17) is 10.5 Å². The Morgan fingerprint density at radius 2 is 1.78 bits per heavy atom. The Kier molecular flexibility index (Phi) is 6.55. The second-order valence-corrected chi connectivity index (χ2v) is 5.78. The van der Waals surface area contributed by atoms with Gasteiger partial charge in [0.1, 0.15) is 0 Å². The first-order valence-corrected chi connectivity index (χ1v) is 7.98. The lowest BCUT2D eigenvalue weighted by Crippen LogP contribution is -2.49. The van der Waals surface area contributed by atoms with Crippen molar-refractivity contribution in [3.8, 4) is 0 Å². The van der Waals surface area contributed by atoms with Crippen molar-refractivity contribution in [2.24, 2.45) is 5.73 Å². The van der Waals surface area contributed by atoms with E-state index in [0.717, 1.165) is 44.9 Å². The van der Waals surface area contributed by atoms with Crippen molar-refractivity contribution in [3.63, 3.8) is 0 Å². The lowest BCUT2D eigenvalue weighted by Gasteiger charge is -2.34. The predicted molar refractivity (Wildman–Crippen MR) is 88.2 cm³/mol. The first-order valence-electron chi connectivity index (χ1n) is 7.98. The van der Waals surface area contributed by atoms with E-state index < -0.39 is 5.91 Å². The lowest BCUT2D eigenvalue weighted by atomic mass is 10.1. The van der Waals surface area contributed by atoms with Gasteiger partial charge < -0.3 is 15.4 Å². The van der Waals surface area contributed by atoms with Gasteiger partial charge in [0.2, 0.25) is 11.8 Å². The molecule has 0 atom stereocenters. The van der Waals surface area contributed by atoms with E-state index in [0.29, 0.717) is 18.4 Å². The first-order chi connectivity index (χ1) is 11.1. The van der Waals surface area contributed by atoms with Crippen LogP contribution in [0, 0.1) is 0 Å². The third kappa shape index (κ3) is 5.33. The van der Waals surface area contributed by atoms with E-state index in [2.05, 4.69) is 4.90 Å². The van der Waals surface area contributed by atoms with E-state index in [1.54, 1.807) is 19.2 Å². The van der Waals surface area contributed by atoms with Crippen LogP contribution >= 0.6 is 0 Å². The second-order valence-electron chi connectivity index (χ2n) is 5.78. The number of amides is 2. The van der Waals surface area contributed by atoms with Gasteiger partial charge in [-0.1, -0.05) is 12.1 Å². The van der Waals surface area contributed by atoms with E-state index in [1.807, 2.05) is 17.0 Å². The molecule has 0 saturated carbocycles. The quantitative estimate of drug-likeness (QED) is 0.794. The Morgan fingerprint density at radius 3 is 2.35 bits per heavy atom. The Hall–Kier alpha value is -1.92. The van der Waals surface area contributed by atoms with Gasteiger partial charge in [0.25, 0.3) is 0 Å². The van der Waals surface area contributed by atoms with Gasteiger partial charge in [-0.25, -0.2) is 0 Å². The number of rotatable bonds is 7. The minimum Gasteiger partial charge on any atom is -0.383 e. The summed E-state index contributed by atoms with van der Waals surface area (Å²) < 4.78 is 5.08. The molecule has 0 aliphatic carbocycles. The average molecular weight is 319 g/mol. The Morgan fingerprint density at radius 1 is 1.13 bits per heavy atom. The molecule has 2 rings (SSSR count). The summed E-state index contributed by atoms with van der Waals surface area (Å²) in [5, 5.41) is 0. The van der Waals surface area contributed by atoms with Crippen LogP contribution < -0.4 is 5.73 Å². The van der Waals surface area contributed by atoms with Gasteiger partial charge in [0, 0.05) is 51.8 Å². The summed E-state index contributed by atoms with van der Waals surface area (Å²) in [6.45, 7) is 5.02. The smallest absolute Gasteiger partial charge is 0.248 e. The van der Waals surface area contributed by atoms with Crippen molar-refractivity contribution in [2.45, 2.75) is 12.8 Å². The maximum absolute atomic E-state index is 12.3. The van der Waals surface area contributed by atoms with Crippen molar-refractivity contribution in [3.05, 3.63) is 35.4 Å². The molecule has 1 fully saturated rings. The van der Waals surface area contributed by atoms with E-state index in [9.17, 15) is 9.59 Å². The molecule has 1 saturated heterocycles. The van der Waals surface area contributed by atoms with Crippen molar-refractivity contribution in [1.29, 1.82) is 0 Å². The normalized spacial score (nSPS) is 15.6. The number of piperazine rings is 1. The summed E-state index contributed by atoms with van der Waals surface area (Å²) in [6.07, 6.45) is 1.18. The van der Waals surface area contributed by atoms with Crippen molar-refractivity contribution < 1.29 is 14.3 Å². The minimum atomic E-state index is -0.432. The fourth-order valence-corrected chi connectivity index (χ4v) is 2.69. The van der Waals surface area contributed by atoms with Crippen LogP contribution in [0.25, 0.3) is 0 Å². The molecule has 0 bridgehead atoms. The first kappa shape index (κ1) is 17.4. The molecule has 23 heavy (non-hydrogen) atoms. The Labute approximate surface area is 137 Å². The van der Waals surface area contributed by atoms with Crippen molar-refractivity contribution in [2.75, 3.05) is 46.4 Å². The van der Waals surface area contributed by atoms with Crippen LogP contribution in [0.4, 0.5) is 0 Å². The maximum atomic E-state index is 12.3. The Balaban J connectivity index is 1.74. The molecule has 1 heterocycles. The van der Waals surface area contributed by atoms with Gasteiger partial charge in [-0.15, -0.1) is 0 Å². The molecular formula is C17H25N3O3. The summed E-state index contributed by atoms with van der Waals surface area (Å²) in [7, 11) is 1.70. The van der Waals surface area contributed by atoms with Gasteiger partial charge >= 0.3 is 0 Å². The average Bonchev–Trinajstić information content (AvgIpc) is 2.58. The van der Waals surface area contributed by atoms with E-state index >= 15 is 0 Å². The highest BCUT2D eigenvalue weighted by Gasteiger charge is 2.20. The van der Waals surface area contributed by atoms with Crippen LogP contribution in [0.5, 0.6) is 0 Å². The molecule has 1 aromatic rings. The summed E-state index contributed by atoms with van der Waals surface area (Å²) in [4.78, 5) is 27.5. The molecule has 6 nitrogen and oxygen atoms in total. The monoisotopic (exact) mass is 319 g/mol. The number of aryl methyl sites for hydroxylation is 1. The molecule has 1 aromatic carbocycles. The molecular weight excluding hydrogens is 294 g/mol. The molecule has 126 valence electrons. The standard InChI is InChI=1S/C17H25N3O3/c1-23-13-12-19-8-10-20(11-9-19)16(21)7-4-14-2-5-15(6-3-14)17(18)22/h2-3,5-6H,4,7-13H2,1H3,(H2,18,22). The van der Waals surface area contributed by atoms with Gasteiger partial charge in [-0.3, -0.25) is 14.5 Å². The number of ether oxygens (including phenoxy) is 1. The molecule has 0 aromatic heterocycles. The van der Waals surface area contributed by atoms with Crippen LogP contribution in [0.1, 0.15) is 22.3 Å². The third-order valence-corrected chi connectivity index (χ3v) is 4.20. The number of hydrogen-bond donors (Lipinski definition) is 1. The zero-order chi connectivity index (χ0) is 16.7. The molecule has 6 heteroatoms. The van der Waals surface area contributed by atoms with Crippen molar-refractivity contribution >= 4 is 11.8 Å². The van der Waals surface area contributed by atoms with Gasteiger partial charge in [-0.05, 0) is 24.1 Å². The highest BCUT2D eigenvalue weighted by molar-refractivity contribution is 5.92. The SMILES string of the molecule is COCCN1CCN(C(=O)CCc2ccc(C(N)=O)cc2)CC1. The third-order valence-electron chi connectivity index (χ3n) is 4.20. The van der Waals surface area contributed by atoms with Crippen LogP contribution in [0.15, 0.2) is 24.3 Å². The maximum Gasteiger partial charge on any atom is 0.248 e. The minimum absolute atomic E-state index is 0.190. The lowest BCUT2D eigenvalue weighted by molar-refractivity contribution is -0.133. The second kappa shape index (κ2) is 8.64. The number of carbonyl (C=O) groups is 2. The number of nitrogens with zero attached hydrogens (tertiary/aromatic N) is 2. The number of hydrogen-bond acceptors (Lipinski definition) is 4. The van der Waals surface area contributed by atoms with Crippen LogP contribution in [-0.4, -0.2) is 68.1 Å². The zero-order valence-electron chi connectivity index (χ0n) is 13.7.